The van der Waals surface area contributed by atoms with E-state index in [0.717, 1.165) is 17.4 Å². The number of benzene rings is 2. The Morgan fingerprint density at radius 2 is 1.72 bits per heavy atom. The zero-order valence-corrected chi connectivity index (χ0v) is 17.3. The summed E-state index contributed by atoms with van der Waals surface area (Å²) in [7, 11) is 0. The van der Waals surface area contributed by atoms with E-state index in [-0.39, 0.29) is 0 Å². The molecule has 0 radical (unpaired) electrons. The molecular weight excluding hydrogens is 376 g/mol. The van der Waals surface area contributed by atoms with Crippen molar-refractivity contribution in [2.75, 3.05) is 18.4 Å². The van der Waals surface area contributed by atoms with Crippen LogP contribution >= 0.6 is 11.3 Å². The van der Waals surface area contributed by atoms with Crippen LogP contribution in [0.3, 0.4) is 0 Å². The molecule has 0 aliphatic carbocycles. The van der Waals surface area contributed by atoms with Gasteiger partial charge in [-0.3, -0.25) is 4.90 Å². The van der Waals surface area contributed by atoms with Gasteiger partial charge < -0.3 is 5.32 Å². The normalized spacial score (nSPS) is 26.2. The molecule has 0 saturated carbocycles. The van der Waals surface area contributed by atoms with Crippen LogP contribution in [0.2, 0.25) is 0 Å². The van der Waals surface area contributed by atoms with E-state index in [1.807, 2.05) is 23.7 Å². The Morgan fingerprint density at radius 3 is 2.52 bits per heavy atom. The number of fused-ring (bicyclic) bond motifs is 6. The first-order valence-electron chi connectivity index (χ1n) is 10.5. The highest BCUT2D eigenvalue weighted by atomic mass is 32.1. The number of piperidine rings is 3. The Balaban J connectivity index is 1.32. The van der Waals surface area contributed by atoms with Gasteiger partial charge in [-0.15, -0.1) is 11.3 Å². The molecule has 2 bridgehead atoms. The molecule has 146 valence electrons. The number of hydrogen-bond donors (Lipinski definition) is 1. The standard InChI is InChI=1S/C24H24N4S/c1-15-22(16-9-11-28(15)12-10-16)27-24-25-13-17(14-26-24)18-6-4-7-20-19-5-2-3-8-21(19)29-23(18)20/h2-8,13-16,22H,9-12H2,1H3,(H,25,26,27)/t15-,22-/m1/s1. The van der Waals surface area contributed by atoms with Gasteiger partial charge in [0, 0.05) is 55.8 Å². The Hall–Kier alpha value is -2.50. The highest BCUT2D eigenvalue weighted by molar-refractivity contribution is 7.26. The lowest BCUT2D eigenvalue weighted by molar-refractivity contribution is 0.0455. The predicted molar refractivity (Wildman–Crippen MR) is 122 cm³/mol. The van der Waals surface area contributed by atoms with Crippen LogP contribution in [-0.2, 0) is 0 Å². The van der Waals surface area contributed by atoms with Crippen molar-refractivity contribution in [1.29, 1.82) is 0 Å². The smallest absolute Gasteiger partial charge is 0.222 e. The van der Waals surface area contributed by atoms with Crippen LogP contribution in [0.4, 0.5) is 5.95 Å². The summed E-state index contributed by atoms with van der Waals surface area (Å²) in [6.07, 6.45) is 6.52. The second kappa shape index (κ2) is 6.78. The van der Waals surface area contributed by atoms with Gasteiger partial charge in [-0.05, 0) is 44.8 Å². The van der Waals surface area contributed by atoms with E-state index in [4.69, 9.17) is 9.97 Å². The molecule has 0 amide bonds. The first kappa shape index (κ1) is 17.4. The second-order valence-corrected chi connectivity index (χ2v) is 9.41. The third-order valence-electron chi connectivity index (χ3n) is 6.84. The summed E-state index contributed by atoms with van der Waals surface area (Å²) in [6.45, 7) is 4.81. The topological polar surface area (TPSA) is 41.1 Å². The van der Waals surface area contributed by atoms with Crippen molar-refractivity contribution in [1.82, 2.24) is 14.9 Å². The summed E-state index contributed by atoms with van der Waals surface area (Å²) < 4.78 is 2.63. The molecule has 0 spiro atoms. The van der Waals surface area contributed by atoms with Crippen molar-refractivity contribution in [2.45, 2.75) is 31.8 Å². The Bertz CT molecular complexity index is 1170. The van der Waals surface area contributed by atoms with Crippen LogP contribution in [0, 0.1) is 5.92 Å². The van der Waals surface area contributed by atoms with Crippen LogP contribution in [0.15, 0.2) is 54.9 Å². The maximum Gasteiger partial charge on any atom is 0.222 e. The molecule has 4 nitrogen and oxygen atoms in total. The third-order valence-corrected chi connectivity index (χ3v) is 8.06. The van der Waals surface area contributed by atoms with Crippen LogP contribution in [-0.4, -0.2) is 40.0 Å². The Kier molecular flexibility index (Phi) is 4.06. The predicted octanol–water partition coefficient (Wildman–Crippen LogP) is 5.41. The van der Waals surface area contributed by atoms with Crippen LogP contribution in [0.5, 0.6) is 0 Å². The van der Waals surface area contributed by atoms with E-state index in [1.165, 1.54) is 51.7 Å². The van der Waals surface area contributed by atoms with Gasteiger partial charge in [-0.2, -0.15) is 0 Å². The van der Waals surface area contributed by atoms with Gasteiger partial charge in [0.05, 0.1) is 0 Å². The van der Waals surface area contributed by atoms with E-state index in [1.54, 1.807) is 0 Å². The maximum atomic E-state index is 4.69. The molecular formula is C24H24N4S. The molecule has 2 aromatic heterocycles. The van der Waals surface area contributed by atoms with Crippen molar-refractivity contribution < 1.29 is 0 Å². The van der Waals surface area contributed by atoms with Gasteiger partial charge >= 0.3 is 0 Å². The lowest BCUT2D eigenvalue weighted by Crippen LogP contribution is -2.59. The number of hydrogen-bond acceptors (Lipinski definition) is 5. The number of anilines is 1. The zero-order valence-electron chi connectivity index (χ0n) is 16.5. The number of thiophene rings is 1. The maximum absolute atomic E-state index is 4.69. The Morgan fingerprint density at radius 1 is 0.966 bits per heavy atom. The average Bonchev–Trinajstić information content (AvgIpc) is 3.16. The van der Waals surface area contributed by atoms with Gasteiger partial charge in [0.15, 0.2) is 0 Å². The fourth-order valence-electron chi connectivity index (χ4n) is 5.21. The molecule has 3 saturated heterocycles. The molecule has 5 heterocycles. The highest BCUT2D eigenvalue weighted by Gasteiger charge is 2.39. The van der Waals surface area contributed by atoms with Crippen molar-refractivity contribution in [3.8, 4) is 11.1 Å². The molecule has 29 heavy (non-hydrogen) atoms. The SMILES string of the molecule is C[C@@H]1[C@@H](Nc2ncc(-c3cccc4c3sc3ccccc34)cn2)C2CCN1CC2. The van der Waals surface area contributed by atoms with Gasteiger partial charge in [-0.25, -0.2) is 9.97 Å². The lowest BCUT2D eigenvalue weighted by Gasteiger charge is -2.49. The lowest BCUT2D eigenvalue weighted by atomic mass is 9.79. The highest BCUT2D eigenvalue weighted by Crippen LogP contribution is 2.39. The molecule has 3 fully saturated rings. The molecule has 2 aromatic carbocycles. The summed E-state index contributed by atoms with van der Waals surface area (Å²) in [5.74, 6) is 1.49. The number of nitrogens with one attached hydrogen (secondary N) is 1. The minimum Gasteiger partial charge on any atom is -0.350 e. The third kappa shape index (κ3) is 2.83. The molecule has 2 atom stereocenters. The minimum absolute atomic E-state index is 0.453. The molecule has 1 N–H and O–H groups in total. The quantitative estimate of drug-likeness (QED) is 0.499. The summed E-state index contributed by atoms with van der Waals surface area (Å²) >= 11 is 1.85. The van der Waals surface area contributed by atoms with Crippen LogP contribution in [0.1, 0.15) is 19.8 Å². The minimum atomic E-state index is 0.453. The molecule has 7 rings (SSSR count). The molecule has 4 aromatic rings. The van der Waals surface area contributed by atoms with Crippen LogP contribution < -0.4 is 5.32 Å². The van der Waals surface area contributed by atoms with Gasteiger partial charge in [0.25, 0.3) is 0 Å². The van der Waals surface area contributed by atoms with Gasteiger partial charge in [-0.1, -0.05) is 36.4 Å². The van der Waals surface area contributed by atoms with Crippen molar-refractivity contribution in [3.63, 3.8) is 0 Å². The van der Waals surface area contributed by atoms with E-state index in [2.05, 4.69) is 59.6 Å². The second-order valence-electron chi connectivity index (χ2n) is 8.36. The summed E-state index contributed by atoms with van der Waals surface area (Å²) in [6, 6.07) is 16.2. The van der Waals surface area contributed by atoms with E-state index in [0.29, 0.717) is 12.1 Å². The fraction of sp³-hybridized carbons (Fsp3) is 0.333. The zero-order chi connectivity index (χ0) is 19.4. The average molecular weight is 401 g/mol. The van der Waals surface area contributed by atoms with Crippen LogP contribution in [0.25, 0.3) is 31.3 Å². The van der Waals surface area contributed by atoms with Crippen molar-refractivity contribution >= 4 is 37.5 Å². The number of aromatic nitrogens is 2. The van der Waals surface area contributed by atoms with E-state index < -0.39 is 0 Å². The molecule has 3 aliphatic heterocycles. The number of rotatable bonds is 3. The van der Waals surface area contributed by atoms with Gasteiger partial charge in [0.1, 0.15) is 0 Å². The van der Waals surface area contributed by atoms with Gasteiger partial charge in [0.2, 0.25) is 5.95 Å². The summed E-state index contributed by atoms with van der Waals surface area (Å²) in [5, 5.41) is 6.27. The Labute approximate surface area is 174 Å². The van der Waals surface area contributed by atoms with E-state index in [9.17, 15) is 0 Å². The van der Waals surface area contributed by atoms with Crippen molar-refractivity contribution in [3.05, 3.63) is 54.9 Å². The molecule has 0 unspecified atom stereocenters. The molecule has 3 aliphatic rings. The monoisotopic (exact) mass is 400 g/mol. The first-order valence-corrected chi connectivity index (χ1v) is 11.3. The fourth-order valence-corrected chi connectivity index (χ4v) is 6.45. The van der Waals surface area contributed by atoms with E-state index >= 15 is 0 Å². The summed E-state index contributed by atoms with van der Waals surface area (Å²) in [5.41, 5.74) is 2.29. The number of nitrogens with zero attached hydrogens (tertiary/aromatic N) is 3. The molecule has 5 heteroatoms. The first-order chi connectivity index (χ1) is 14.3. The summed E-state index contributed by atoms with van der Waals surface area (Å²) in [4.78, 5) is 12.0. The van der Waals surface area contributed by atoms with Crippen molar-refractivity contribution in [2.24, 2.45) is 5.92 Å². The largest absolute Gasteiger partial charge is 0.350 e.